The van der Waals surface area contributed by atoms with Crippen molar-refractivity contribution in [3.63, 3.8) is 0 Å². The van der Waals surface area contributed by atoms with Crippen molar-refractivity contribution in [1.29, 1.82) is 0 Å². The monoisotopic (exact) mass is 328 g/mol. The lowest BCUT2D eigenvalue weighted by Gasteiger charge is -2.13. The van der Waals surface area contributed by atoms with E-state index in [-0.39, 0.29) is 0 Å². The quantitative estimate of drug-likeness (QED) is 0.928. The molecule has 1 unspecified atom stereocenters. The molecular formula is C13H11BrClFN2. The van der Waals surface area contributed by atoms with Crippen LogP contribution in [0, 0.1) is 5.82 Å². The van der Waals surface area contributed by atoms with Crippen LogP contribution in [0.5, 0.6) is 0 Å². The molecule has 1 aromatic heterocycles. The third-order valence-electron chi connectivity index (χ3n) is 2.66. The van der Waals surface area contributed by atoms with Crippen molar-refractivity contribution in [2.45, 2.75) is 12.5 Å². The number of halogens is 3. The minimum atomic E-state index is -0.438. The van der Waals surface area contributed by atoms with Gasteiger partial charge in [0.2, 0.25) is 0 Å². The Morgan fingerprint density at radius 2 is 2.17 bits per heavy atom. The van der Waals surface area contributed by atoms with Crippen LogP contribution in [0.3, 0.4) is 0 Å². The summed E-state index contributed by atoms with van der Waals surface area (Å²) in [6.07, 6.45) is 3.17. The Bertz CT molecular complexity index is 562. The molecule has 2 nitrogen and oxygen atoms in total. The van der Waals surface area contributed by atoms with Gasteiger partial charge in [-0.15, -0.1) is 0 Å². The predicted molar refractivity (Wildman–Crippen MR) is 74.0 cm³/mol. The summed E-state index contributed by atoms with van der Waals surface area (Å²) < 4.78 is 14.4. The number of benzene rings is 1. The second-order valence-corrected chi connectivity index (χ2v) is 5.27. The molecule has 1 heterocycles. The molecule has 0 radical (unpaired) electrons. The molecule has 0 saturated heterocycles. The first-order valence-electron chi connectivity index (χ1n) is 5.37. The van der Waals surface area contributed by atoms with Gasteiger partial charge < -0.3 is 5.73 Å². The third-order valence-corrected chi connectivity index (χ3v) is 3.50. The summed E-state index contributed by atoms with van der Waals surface area (Å²) in [6, 6.07) is 6.72. The van der Waals surface area contributed by atoms with Crippen LogP contribution in [0.25, 0.3) is 0 Å². The second-order valence-electron chi connectivity index (χ2n) is 3.94. The van der Waals surface area contributed by atoms with Gasteiger partial charge in [0.05, 0.1) is 6.20 Å². The number of rotatable bonds is 3. The van der Waals surface area contributed by atoms with E-state index in [1.165, 1.54) is 12.4 Å². The van der Waals surface area contributed by atoms with E-state index in [1.807, 2.05) is 12.1 Å². The summed E-state index contributed by atoms with van der Waals surface area (Å²) in [5.41, 5.74) is 7.34. The number of nitrogens with zero attached hydrogens (tertiary/aromatic N) is 1. The molecule has 2 rings (SSSR count). The van der Waals surface area contributed by atoms with Gasteiger partial charge in [-0.05, 0) is 30.2 Å². The average Bonchev–Trinajstić information content (AvgIpc) is 2.33. The maximum absolute atomic E-state index is 13.5. The maximum atomic E-state index is 13.5. The van der Waals surface area contributed by atoms with Crippen molar-refractivity contribution in [1.82, 2.24) is 4.98 Å². The van der Waals surface area contributed by atoms with Crippen LogP contribution in [-0.2, 0) is 6.42 Å². The fourth-order valence-corrected chi connectivity index (χ4v) is 2.47. The van der Waals surface area contributed by atoms with Gasteiger partial charge in [0.25, 0.3) is 0 Å². The molecule has 5 heteroatoms. The third kappa shape index (κ3) is 3.07. The molecule has 0 fully saturated rings. The van der Waals surface area contributed by atoms with Gasteiger partial charge in [0.1, 0.15) is 5.82 Å². The molecule has 1 atom stereocenters. The predicted octanol–water partition coefficient (Wildman–Crippen LogP) is 3.88. The first-order chi connectivity index (χ1) is 8.58. The number of hydrogen-bond acceptors (Lipinski definition) is 2. The lowest BCUT2D eigenvalue weighted by molar-refractivity contribution is 0.574. The van der Waals surface area contributed by atoms with Crippen molar-refractivity contribution in [2.24, 2.45) is 5.73 Å². The van der Waals surface area contributed by atoms with E-state index >= 15 is 0 Å². The first-order valence-corrected chi connectivity index (χ1v) is 6.54. The van der Waals surface area contributed by atoms with E-state index in [0.717, 1.165) is 10.0 Å². The molecular weight excluding hydrogens is 319 g/mol. The van der Waals surface area contributed by atoms with E-state index in [0.29, 0.717) is 17.0 Å². The number of aromatic nitrogens is 1. The maximum Gasteiger partial charge on any atom is 0.146 e. The van der Waals surface area contributed by atoms with Crippen molar-refractivity contribution in [3.05, 3.63) is 63.1 Å². The summed E-state index contributed by atoms with van der Waals surface area (Å²) >= 11 is 9.44. The molecule has 0 amide bonds. The second kappa shape index (κ2) is 5.78. The molecule has 94 valence electrons. The normalized spacial score (nSPS) is 12.4. The lowest BCUT2D eigenvalue weighted by Crippen LogP contribution is -2.15. The van der Waals surface area contributed by atoms with Gasteiger partial charge in [-0.3, -0.25) is 4.98 Å². The zero-order valence-electron chi connectivity index (χ0n) is 9.41. The fraction of sp³-hybridized carbons (Fsp3) is 0.154. The molecule has 0 saturated carbocycles. The van der Waals surface area contributed by atoms with Crippen LogP contribution in [-0.4, -0.2) is 4.98 Å². The van der Waals surface area contributed by atoms with Crippen LogP contribution in [0.4, 0.5) is 4.39 Å². The number of pyridine rings is 1. The Hall–Kier alpha value is -0.970. The Labute approximate surface area is 118 Å². The van der Waals surface area contributed by atoms with E-state index in [1.54, 1.807) is 12.1 Å². The zero-order chi connectivity index (χ0) is 13.1. The van der Waals surface area contributed by atoms with Gasteiger partial charge in [0, 0.05) is 27.3 Å². The summed E-state index contributed by atoms with van der Waals surface area (Å²) in [6.45, 7) is 0. The van der Waals surface area contributed by atoms with E-state index in [9.17, 15) is 4.39 Å². The molecule has 18 heavy (non-hydrogen) atoms. The average molecular weight is 330 g/mol. The Morgan fingerprint density at radius 1 is 1.39 bits per heavy atom. The summed E-state index contributed by atoms with van der Waals surface area (Å²) in [5, 5.41) is 0.620. The highest BCUT2D eigenvalue weighted by atomic mass is 79.9. The summed E-state index contributed by atoms with van der Waals surface area (Å²) in [5.74, 6) is -0.391. The molecule has 2 N–H and O–H groups in total. The summed E-state index contributed by atoms with van der Waals surface area (Å²) in [7, 11) is 0. The van der Waals surface area contributed by atoms with E-state index in [4.69, 9.17) is 17.3 Å². The Kier molecular flexibility index (Phi) is 4.32. The van der Waals surface area contributed by atoms with Crippen LogP contribution in [0.2, 0.25) is 5.02 Å². The molecule has 1 aromatic carbocycles. The molecule has 0 spiro atoms. The highest BCUT2D eigenvalue weighted by Gasteiger charge is 2.13. The molecule has 0 aliphatic heterocycles. The van der Waals surface area contributed by atoms with Gasteiger partial charge in [-0.1, -0.05) is 33.6 Å². The summed E-state index contributed by atoms with van der Waals surface area (Å²) in [4.78, 5) is 3.70. The van der Waals surface area contributed by atoms with Crippen LogP contribution in [0.1, 0.15) is 17.2 Å². The standard InChI is InChI=1S/C13H11BrClFN2/c14-9-2-1-8(11(15)6-9)5-13(17)10-3-4-18-7-12(10)16/h1-4,6-7,13H,5,17H2. The molecule has 2 aromatic rings. The zero-order valence-corrected chi connectivity index (χ0v) is 11.7. The van der Waals surface area contributed by atoms with Crippen molar-refractivity contribution < 1.29 is 4.39 Å². The number of hydrogen-bond donors (Lipinski definition) is 1. The largest absolute Gasteiger partial charge is 0.324 e. The van der Waals surface area contributed by atoms with Gasteiger partial charge in [0.15, 0.2) is 0 Å². The van der Waals surface area contributed by atoms with E-state index < -0.39 is 11.9 Å². The van der Waals surface area contributed by atoms with Gasteiger partial charge in [-0.2, -0.15) is 0 Å². The Morgan fingerprint density at radius 3 is 2.83 bits per heavy atom. The minimum absolute atomic E-state index is 0.391. The Balaban J connectivity index is 2.21. The minimum Gasteiger partial charge on any atom is -0.324 e. The van der Waals surface area contributed by atoms with Gasteiger partial charge in [-0.25, -0.2) is 4.39 Å². The SMILES string of the molecule is NC(Cc1ccc(Br)cc1Cl)c1ccncc1F. The van der Waals surface area contributed by atoms with Crippen molar-refractivity contribution >= 4 is 27.5 Å². The lowest BCUT2D eigenvalue weighted by atomic mass is 10.0. The highest BCUT2D eigenvalue weighted by Crippen LogP contribution is 2.26. The fourth-order valence-electron chi connectivity index (χ4n) is 1.72. The highest BCUT2D eigenvalue weighted by molar-refractivity contribution is 9.10. The van der Waals surface area contributed by atoms with E-state index in [2.05, 4.69) is 20.9 Å². The first kappa shape index (κ1) is 13.5. The smallest absolute Gasteiger partial charge is 0.146 e. The van der Waals surface area contributed by atoms with Crippen LogP contribution < -0.4 is 5.73 Å². The van der Waals surface area contributed by atoms with Crippen molar-refractivity contribution in [3.8, 4) is 0 Å². The molecule has 0 aliphatic rings. The van der Waals surface area contributed by atoms with Crippen molar-refractivity contribution in [2.75, 3.05) is 0 Å². The van der Waals surface area contributed by atoms with Crippen LogP contribution >= 0.6 is 27.5 Å². The molecule has 0 aliphatic carbocycles. The van der Waals surface area contributed by atoms with Gasteiger partial charge >= 0.3 is 0 Å². The topological polar surface area (TPSA) is 38.9 Å². The van der Waals surface area contributed by atoms with Crippen LogP contribution in [0.15, 0.2) is 41.1 Å². The molecule has 0 bridgehead atoms. The number of nitrogens with two attached hydrogens (primary N) is 1.